The van der Waals surface area contributed by atoms with Crippen LogP contribution in [0, 0.1) is 0 Å². The van der Waals surface area contributed by atoms with Crippen LogP contribution in [0.3, 0.4) is 0 Å². The molecular weight excluding hydrogens is 238 g/mol. The van der Waals surface area contributed by atoms with E-state index in [1.165, 1.54) is 0 Å². The Hall–Kier alpha value is -1.81. The summed E-state index contributed by atoms with van der Waals surface area (Å²) >= 11 is 0. The molecule has 19 heavy (non-hydrogen) atoms. The van der Waals surface area contributed by atoms with E-state index in [1.807, 2.05) is 24.3 Å². The van der Waals surface area contributed by atoms with Crippen molar-refractivity contribution in [1.29, 1.82) is 0 Å². The number of hydrogen-bond acceptors (Lipinski definition) is 3. The fraction of sp³-hybridized carbons (Fsp3) is 0.400. The molecule has 1 aliphatic heterocycles. The Kier molecular flexibility index (Phi) is 4.58. The first kappa shape index (κ1) is 13.6. The quantitative estimate of drug-likeness (QED) is 0.639. The van der Waals surface area contributed by atoms with Gasteiger partial charge in [0.2, 0.25) is 5.91 Å². The van der Waals surface area contributed by atoms with Crippen LogP contribution in [0.1, 0.15) is 18.4 Å². The number of likely N-dealkylation sites (N-methyl/N-ethyl adjacent to an activating group) is 1. The molecule has 0 spiro atoms. The van der Waals surface area contributed by atoms with Gasteiger partial charge in [0.15, 0.2) is 0 Å². The molecule has 102 valence electrons. The topological polar surface area (TPSA) is 58.4 Å². The monoisotopic (exact) mass is 259 g/mol. The summed E-state index contributed by atoms with van der Waals surface area (Å²) in [7, 11) is 2.09. The normalized spacial score (nSPS) is 20.6. The van der Waals surface area contributed by atoms with E-state index in [4.69, 9.17) is 5.73 Å². The summed E-state index contributed by atoms with van der Waals surface area (Å²) < 4.78 is 0. The molecule has 0 saturated carbocycles. The van der Waals surface area contributed by atoms with Gasteiger partial charge in [-0.15, -0.1) is 0 Å². The minimum absolute atomic E-state index is 0.0304. The van der Waals surface area contributed by atoms with Crippen LogP contribution in [0.25, 0.3) is 6.08 Å². The zero-order valence-electron chi connectivity index (χ0n) is 11.3. The van der Waals surface area contributed by atoms with Crippen molar-refractivity contribution >= 4 is 17.7 Å². The van der Waals surface area contributed by atoms with E-state index in [2.05, 4.69) is 17.3 Å². The molecule has 1 heterocycles. The average molecular weight is 259 g/mol. The van der Waals surface area contributed by atoms with Crippen molar-refractivity contribution in [2.24, 2.45) is 0 Å². The summed E-state index contributed by atoms with van der Waals surface area (Å²) in [5.74, 6) is -0.0304. The Balaban J connectivity index is 1.85. The van der Waals surface area contributed by atoms with Gasteiger partial charge in [-0.2, -0.15) is 0 Å². The summed E-state index contributed by atoms with van der Waals surface area (Å²) in [6.07, 6.45) is 5.59. The van der Waals surface area contributed by atoms with Gasteiger partial charge >= 0.3 is 0 Å². The third-order valence-electron chi connectivity index (χ3n) is 3.33. The van der Waals surface area contributed by atoms with Gasteiger partial charge in [0.1, 0.15) is 0 Å². The van der Waals surface area contributed by atoms with E-state index in [0.29, 0.717) is 0 Å². The highest BCUT2D eigenvalue weighted by Crippen LogP contribution is 2.09. The molecule has 1 atom stereocenters. The number of nitrogens with one attached hydrogen (secondary N) is 1. The van der Waals surface area contributed by atoms with Crippen molar-refractivity contribution in [1.82, 2.24) is 10.2 Å². The molecule has 1 amide bonds. The number of nitrogen functional groups attached to an aromatic ring is 1. The van der Waals surface area contributed by atoms with E-state index in [9.17, 15) is 4.79 Å². The molecule has 3 N–H and O–H groups in total. The molecule has 0 aromatic heterocycles. The first-order chi connectivity index (χ1) is 9.13. The van der Waals surface area contributed by atoms with E-state index >= 15 is 0 Å². The minimum atomic E-state index is -0.0304. The van der Waals surface area contributed by atoms with Crippen molar-refractivity contribution < 1.29 is 4.79 Å². The molecular formula is C15H21N3O. The van der Waals surface area contributed by atoms with Gasteiger partial charge < -0.3 is 16.0 Å². The second-order valence-electron chi connectivity index (χ2n) is 5.11. The highest BCUT2D eigenvalue weighted by atomic mass is 16.1. The molecule has 1 saturated heterocycles. The van der Waals surface area contributed by atoms with Crippen LogP contribution in [-0.2, 0) is 4.79 Å². The van der Waals surface area contributed by atoms with Gasteiger partial charge in [-0.25, -0.2) is 0 Å². The second-order valence-corrected chi connectivity index (χ2v) is 5.11. The second kappa shape index (κ2) is 6.38. The lowest BCUT2D eigenvalue weighted by Crippen LogP contribution is -2.45. The van der Waals surface area contributed by atoms with E-state index in [-0.39, 0.29) is 11.9 Å². The lowest BCUT2D eigenvalue weighted by molar-refractivity contribution is -0.117. The SMILES string of the molecule is CN1CCCC(NC(=O)/C=C/c2ccc(N)cc2)C1. The summed E-state index contributed by atoms with van der Waals surface area (Å²) in [6, 6.07) is 7.71. The van der Waals surface area contributed by atoms with Crippen molar-refractivity contribution in [2.45, 2.75) is 18.9 Å². The third-order valence-corrected chi connectivity index (χ3v) is 3.33. The van der Waals surface area contributed by atoms with Crippen LogP contribution in [0.4, 0.5) is 5.69 Å². The number of amides is 1. The number of likely N-dealkylation sites (tertiary alicyclic amines) is 1. The standard InChI is InChI=1S/C15H21N3O/c1-18-10-2-3-14(11-18)17-15(19)9-6-12-4-7-13(16)8-5-12/h4-9,14H,2-3,10-11,16H2,1H3,(H,17,19)/b9-6+. The number of carbonyl (C=O) groups excluding carboxylic acids is 1. The predicted molar refractivity (Wildman–Crippen MR) is 78.6 cm³/mol. The highest BCUT2D eigenvalue weighted by Gasteiger charge is 2.17. The van der Waals surface area contributed by atoms with Crippen LogP contribution >= 0.6 is 0 Å². The maximum atomic E-state index is 11.8. The number of anilines is 1. The molecule has 1 unspecified atom stereocenters. The summed E-state index contributed by atoms with van der Waals surface area (Å²) in [5.41, 5.74) is 7.32. The number of carbonyl (C=O) groups is 1. The molecule has 0 bridgehead atoms. The predicted octanol–water partition coefficient (Wildman–Crippen LogP) is 1.49. The van der Waals surface area contributed by atoms with Crippen LogP contribution in [-0.4, -0.2) is 37.0 Å². The number of nitrogens with two attached hydrogens (primary N) is 1. The van der Waals surface area contributed by atoms with Gasteiger partial charge in [-0.05, 0) is 50.2 Å². The Morgan fingerprint density at radius 1 is 1.42 bits per heavy atom. The minimum Gasteiger partial charge on any atom is -0.399 e. The molecule has 0 radical (unpaired) electrons. The van der Waals surface area contributed by atoms with Gasteiger partial charge in [-0.1, -0.05) is 12.1 Å². The third kappa shape index (κ3) is 4.41. The fourth-order valence-corrected chi connectivity index (χ4v) is 2.31. The van der Waals surface area contributed by atoms with Crippen molar-refractivity contribution in [2.75, 3.05) is 25.9 Å². The molecule has 2 rings (SSSR count). The number of rotatable bonds is 3. The summed E-state index contributed by atoms with van der Waals surface area (Å²) in [4.78, 5) is 14.1. The maximum absolute atomic E-state index is 11.8. The lowest BCUT2D eigenvalue weighted by Gasteiger charge is -2.29. The van der Waals surface area contributed by atoms with E-state index < -0.39 is 0 Å². The number of nitrogens with zero attached hydrogens (tertiary/aromatic N) is 1. The Morgan fingerprint density at radius 3 is 2.84 bits per heavy atom. The molecule has 1 aromatic rings. The number of piperidine rings is 1. The van der Waals surface area contributed by atoms with E-state index in [0.717, 1.165) is 37.2 Å². The number of benzene rings is 1. The zero-order chi connectivity index (χ0) is 13.7. The molecule has 0 aliphatic carbocycles. The van der Waals surface area contributed by atoms with Crippen molar-refractivity contribution in [3.63, 3.8) is 0 Å². The van der Waals surface area contributed by atoms with E-state index in [1.54, 1.807) is 12.2 Å². The van der Waals surface area contributed by atoms with Gasteiger partial charge in [0.05, 0.1) is 0 Å². The lowest BCUT2D eigenvalue weighted by atomic mass is 10.1. The Bertz CT molecular complexity index is 453. The van der Waals surface area contributed by atoms with Crippen LogP contribution < -0.4 is 11.1 Å². The molecule has 4 nitrogen and oxygen atoms in total. The first-order valence-corrected chi connectivity index (χ1v) is 6.66. The highest BCUT2D eigenvalue weighted by molar-refractivity contribution is 5.91. The van der Waals surface area contributed by atoms with Crippen molar-refractivity contribution in [3.8, 4) is 0 Å². The fourth-order valence-electron chi connectivity index (χ4n) is 2.31. The molecule has 4 heteroatoms. The van der Waals surface area contributed by atoms with Gasteiger partial charge in [0.25, 0.3) is 0 Å². The van der Waals surface area contributed by atoms with Gasteiger partial charge in [-0.3, -0.25) is 4.79 Å². The smallest absolute Gasteiger partial charge is 0.244 e. The van der Waals surface area contributed by atoms with Crippen molar-refractivity contribution in [3.05, 3.63) is 35.9 Å². The number of hydrogen-bond donors (Lipinski definition) is 2. The van der Waals surface area contributed by atoms with Gasteiger partial charge in [0, 0.05) is 24.4 Å². The maximum Gasteiger partial charge on any atom is 0.244 e. The Labute approximate surface area is 114 Å². The zero-order valence-corrected chi connectivity index (χ0v) is 11.3. The molecule has 1 aromatic carbocycles. The first-order valence-electron chi connectivity index (χ1n) is 6.66. The summed E-state index contributed by atoms with van der Waals surface area (Å²) in [5, 5.41) is 3.04. The largest absolute Gasteiger partial charge is 0.399 e. The van der Waals surface area contributed by atoms with Crippen LogP contribution in [0.15, 0.2) is 30.3 Å². The van der Waals surface area contributed by atoms with Crippen LogP contribution in [0.5, 0.6) is 0 Å². The summed E-state index contributed by atoms with van der Waals surface area (Å²) in [6.45, 7) is 2.05. The molecule has 1 aliphatic rings. The van der Waals surface area contributed by atoms with Crippen LogP contribution in [0.2, 0.25) is 0 Å². The molecule has 1 fully saturated rings. The Morgan fingerprint density at radius 2 is 2.16 bits per heavy atom. The average Bonchev–Trinajstić information content (AvgIpc) is 2.38.